The maximum atomic E-state index is 6.86. The number of nitrogens with zero attached hydrogens (tertiary/aromatic N) is 1. The van der Waals surface area contributed by atoms with Crippen molar-refractivity contribution >= 4 is 26.7 Å². The molecule has 2 aromatic rings. The highest BCUT2D eigenvalue weighted by molar-refractivity contribution is 7.52. The molecule has 0 aromatic heterocycles. The number of hydrogen-bond acceptors (Lipinski definition) is 2. The van der Waals surface area contributed by atoms with Gasteiger partial charge in [-0.25, -0.2) is 0 Å². The van der Waals surface area contributed by atoms with E-state index >= 15 is 0 Å². The summed E-state index contributed by atoms with van der Waals surface area (Å²) in [5, 5.41) is 3.28. The van der Waals surface area contributed by atoms with Crippen molar-refractivity contribution < 1.29 is 4.52 Å². The van der Waals surface area contributed by atoms with Crippen molar-refractivity contribution in [2.24, 2.45) is 0 Å². The van der Waals surface area contributed by atoms with E-state index in [1.165, 1.54) is 35.8 Å². The predicted octanol–water partition coefficient (Wildman–Crippen LogP) is 4.85. The smallest absolute Gasteiger partial charge is 0.117 e. The van der Waals surface area contributed by atoms with E-state index in [1.807, 2.05) is 0 Å². The van der Waals surface area contributed by atoms with Crippen molar-refractivity contribution in [2.45, 2.75) is 63.5 Å². The Morgan fingerprint density at radius 2 is 1.56 bits per heavy atom. The van der Waals surface area contributed by atoms with Crippen molar-refractivity contribution in [1.82, 2.24) is 4.67 Å². The molecule has 2 aliphatic rings. The van der Waals surface area contributed by atoms with Crippen LogP contribution >= 0.6 is 8.30 Å². The van der Waals surface area contributed by atoms with E-state index in [-0.39, 0.29) is 5.16 Å². The highest BCUT2D eigenvalue weighted by Crippen LogP contribution is 2.63. The van der Waals surface area contributed by atoms with Crippen molar-refractivity contribution in [3.05, 3.63) is 60.7 Å². The van der Waals surface area contributed by atoms with Crippen LogP contribution in [0.5, 0.6) is 0 Å². The van der Waals surface area contributed by atoms with Crippen molar-refractivity contribution in [1.29, 1.82) is 0 Å². The average molecular weight is 398 g/mol. The first kappa shape index (κ1) is 19.3. The summed E-state index contributed by atoms with van der Waals surface area (Å²) < 4.78 is 9.58. The van der Waals surface area contributed by atoms with Crippen LogP contribution in [0.15, 0.2) is 60.7 Å². The molecule has 0 N–H and O–H groups in total. The topological polar surface area (TPSA) is 12.5 Å². The molecule has 0 spiro atoms. The predicted molar refractivity (Wildman–Crippen MR) is 120 cm³/mol. The van der Waals surface area contributed by atoms with Crippen LogP contribution in [0.3, 0.4) is 0 Å². The van der Waals surface area contributed by atoms with Gasteiger partial charge < -0.3 is 4.52 Å². The molecule has 4 rings (SSSR count). The fourth-order valence-corrected chi connectivity index (χ4v) is 11.3. The molecule has 0 radical (unpaired) electrons. The van der Waals surface area contributed by atoms with E-state index in [2.05, 4.69) is 92.7 Å². The Bertz CT molecular complexity index is 721. The van der Waals surface area contributed by atoms with Crippen LogP contribution < -0.4 is 10.4 Å². The Morgan fingerprint density at radius 1 is 1.00 bits per heavy atom. The Hall–Kier alpha value is -0.993. The first-order chi connectivity index (χ1) is 12.9. The Kier molecular flexibility index (Phi) is 5.33. The fraction of sp³-hybridized carbons (Fsp3) is 0.478. The number of benzene rings is 2. The number of fused-ring (bicyclic) bond motifs is 1. The summed E-state index contributed by atoms with van der Waals surface area (Å²) >= 11 is 0. The molecule has 2 heterocycles. The molecule has 0 amide bonds. The summed E-state index contributed by atoms with van der Waals surface area (Å²) in [6, 6.07) is 24.2. The molecular formula is C23H32NOPSi. The summed E-state index contributed by atoms with van der Waals surface area (Å²) in [5.41, 5.74) is 0. The van der Waals surface area contributed by atoms with E-state index < -0.39 is 16.4 Å². The van der Waals surface area contributed by atoms with Crippen LogP contribution in [0.25, 0.3) is 0 Å². The monoisotopic (exact) mass is 397 g/mol. The van der Waals surface area contributed by atoms with Crippen LogP contribution in [-0.4, -0.2) is 36.6 Å². The van der Waals surface area contributed by atoms with Crippen LogP contribution in [0.1, 0.15) is 33.6 Å². The van der Waals surface area contributed by atoms with E-state index in [1.54, 1.807) is 0 Å². The molecule has 0 bridgehead atoms. The lowest BCUT2D eigenvalue weighted by Gasteiger charge is -2.33. The van der Waals surface area contributed by atoms with Gasteiger partial charge in [-0.05, 0) is 18.9 Å². The second kappa shape index (κ2) is 7.44. The SMILES string of the molecule is CC(C)(C)P1O[C@H](C[Si](C)(c2ccccc2)c2ccccc2)[C@@H]2CCCN21. The van der Waals surface area contributed by atoms with Crippen molar-refractivity contribution in [3.8, 4) is 0 Å². The van der Waals surface area contributed by atoms with Gasteiger partial charge in [-0.3, -0.25) is 4.67 Å². The lowest BCUT2D eigenvalue weighted by molar-refractivity contribution is 0.227. The molecule has 144 valence electrons. The van der Waals surface area contributed by atoms with Gasteiger partial charge in [-0.1, -0.05) is 98.4 Å². The molecule has 27 heavy (non-hydrogen) atoms. The Labute approximate surface area is 166 Å². The van der Waals surface area contributed by atoms with Gasteiger partial charge in [0, 0.05) is 17.7 Å². The van der Waals surface area contributed by atoms with Gasteiger partial charge in [-0.15, -0.1) is 0 Å². The largest absolute Gasteiger partial charge is 0.338 e. The molecule has 3 atom stereocenters. The first-order valence-electron chi connectivity index (χ1n) is 10.2. The highest BCUT2D eigenvalue weighted by atomic mass is 31.2. The van der Waals surface area contributed by atoms with Gasteiger partial charge in [0.2, 0.25) is 0 Å². The highest BCUT2D eigenvalue weighted by Gasteiger charge is 2.51. The normalized spacial score (nSPS) is 26.3. The maximum Gasteiger partial charge on any atom is 0.117 e. The maximum absolute atomic E-state index is 6.86. The van der Waals surface area contributed by atoms with Crippen LogP contribution in [0.2, 0.25) is 12.6 Å². The quantitative estimate of drug-likeness (QED) is 0.540. The lowest BCUT2D eigenvalue weighted by Crippen LogP contribution is -2.58. The molecule has 0 aliphatic carbocycles. The third kappa shape index (κ3) is 3.68. The van der Waals surface area contributed by atoms with Gasteiger partial charge in [0.1, 0.15) is 16.4 Å². The molecule has 1 unspecified atom stereocenters. The molecular weight excluding hydrogens is 365 g/mol. The zero-order chi connectivity index (χ0) is 19.1. The second-order valence-electron chi connectivity index (χ2n) is 9.23. The van der Waals surface area contributed by atoms with Crippen LogP contribution in [0, 0.1) is 0 Å². The summed E-state index contributed by atoms with van der Waals surface area (Å²) in [5.74, 6) is 0. The first-order valence-corrected chi connectivity index (χ1v) is 14.2. The molecule has 2 fully saturated rings. The summed E-state index contributed by atoms with van der Waals surface area (Å²) in [6.45, 7) is 10.8. The number of rotatable bonds is 4. The van der Waals surface area contributed by atoms with Crippen LogP contribution in [0.4, 0.5) is 0 Å². The van der Waals surface area contributed by atoms with Gasteiger partial charge in [0.05, 0.1) is 6.10 Å². The molecule has 0 saturated carbocycles. The Balaban J connectivity index is 1.69. The third-order valence-electron chi connectivity index (χ3n) is 6.17. The van der Waals surface area contributed by atoms with E-state index in [9.17, 15) is 0 Å². The minimum absolute atomic E-state index is 0.226. The Morgan fingerprint density at radius 3 is 2.07 bits per heavy atom. The lowest BCUT2D eigenvalue weighted by atomic mass is 10.1. The zero-order valence-corrected chi connectivity index (χ0v) is 19.0. The van der Waals surface area contributed by atoms with Gasteiger partial charge in [0.15, 0.2) is 0 Å². The van der Waals surface area contributed by atoms with E-state index in [4.69, 9.17) is 4.52 Å². The summed E-state index contributed by atoms with van der Waals surface area (Å²) in [6.07, 6.45) is 3.00. The standard InChI is InChI=1S/C23H32NOPSi/c1-23(2,3)26-24-17-11-16-21(24)22(25-26)18-27(4,19-12-7-5-8-13-19)20-14-9-6-10-15-20/h5-10,12-15,21-22H,11,16-18H2,1-4H3/t21-,22+,26?/m0/s1. The van der Waals surface area contributed by atoms with Gasteiger partial charge >= 0.3 is 0 Å². The fourth-order valence-electron chi connectivity index (χ4n) is 4.77. The van der Waals surface area contributed by atoms with E-state index in [0.29, 0.717) is 12.1 Å². The van der Waals surface area contributed by atoms with Gasteiger partial charge in [-0.2, -0.15) is 0 Å². The van der Waals surface area contributed by atoms with Crippen molar-refractivity contribution in [2.75, 3.05) is 6.54 Å². The summed E-state index contributed by atoms with van der Waals surface area (Å²) in [4.78, 5) is 0. The molecule has 2 saturated heterocycles. The minimum Gasteiger partial charge on any atom is -0.338 e. The molecule has 4 heteroatoms. The van der Waals surface area contributed by atoms with Crippen LogP contribution in [-0.2, 0) is 4.52 Å². The minimum atomic E-state index is -1.86. The third-order valence-corrected chi connectivity index (χ3v) is 13.2. The number of hydrogen-bond donors (Lipinski definition) is 0. The molecule has 2 aliphatic heterocycles. The van der Waals surface area contributed by atoms with Gasteiger partial charge in [0.25, 0.3) is 0 Å². The average Bonchev–Trinajstić information content (AvgIpc) is 3.26. The summed E-state index contributed by atoms with van der Waals surface area (Å²) in [7, 11) is -2.36. The van der Waals surface area contributed by atoms with E-state index in [0.717, 1.165) is 0 Å². The molecule has 2 nitrogen and oxygen atoms in total. The zero-order valence-electron chi connectivity index (χ0n) is 17.1. The molecule has 2 aromatic carbocycles. The second-order valence-corrected chi connectivity index (χ2v) is 16.1. The van der Waals surface area contributed by atoms with Crippen molar-refractivity contribution in [3.63, 3.8) is 0 Å².